The molecule has 1 aliphatic heterocycles. The topological polar surface area (TPSA) is 32.5 Å². The Balaban J connectivity index is 2.16. The Hall–Kier alpha value is -0.120. The molecular weight excluding hydrogens is 150 g/mol. The predicted octanol–water partition coefficient (Wildman–Crippen LogP) is -0.171. The molecule has 1 atom stereocenters. The molecule has 0 bridgehead atoms. The molecule has 1 fully saturated rings. The molecule has 1 heterocycles. The van der Waals surface area contributed by atoms with Crippen LogP contribution in [0.15, 0.2) is 0 Å². The summed E-state index contributed by atoms with van der Waals surface area (Å²) in [6.07, 6.45) is 1.35. The van der Waals surface area contributed by atoms with Gasteiger partial charge < -0.3 is 15.5 Å². The van der Waals surface area contributed by atoms with Crippen molar-refractivity contribution in [2.75, 3.05) is 46.8 Å². The van der Waals surface area contributed by atoms with Gasteiger partial charge in [0.2, 0.25) is 0 Å². The van der Waals surface area contributed by atoms with Crippen LogP contribution in [0.4, 0.5) is 0 Å². The number of hydrogen-bond acceptors (Lipinski definition) is 3. The predicted molar refractivity (Wildman–Crippen MR) is 52.2 cm³/mol. The van der Waals surface area contributed by atoms with E-state index < -0.39 is 0 Å². The molecule has 1 saturated heterocycles. The lowest BCUT2D eigenvalue weighted by molar-refractivity contribution is 0.295. The van der Waals surface area contributed by atoms with E-state index in [0.29, 0.717) is 0 Å². The Bertz CT molecular complexity index is 125. The highest BCUT2D eigenvalue weighted by Crippen LogP contribution is 2.15. The first-order valence-corrected chi connectivity index (χ1v) is 4.79. The molecule has 12 heavy (non-hydrogen) atoms. The molecular formula is C9H21N3. The summed E-state index contributed by atoms with van der Waals surface area (Å²) in [4.78, 5) is 4.74. The Morgan fingerprint density at radius 3 is 2.83 bits per heavy atom. The van der Waals surface area contributed by atoms with E-state index in [1.54, 1.807) is 0 Å². The fourth-order valence-electron chi connectivity index (χ4n) is 1.96. The van der Waals surface area contributed by atoms with Crippen LogP contribution in [0.2, 0.25) is 0 Å². The number of rotatable bonds is 4. The molecule has 3 nitrogen and oxygen atoms in total. The van der Waals surface area contributed by atoms with Crippen molar-refractivity contribution in [3.8, 4) is 0 Å². The largest absolute Gasteiger partial charge is 0.329 e. The van der Waals surface area contributed by atoms with Crippen molar-refractivity contribution in [2.24, 2.45) is 11.7 Å². The van der Waals surface area contributed by atoms with E-state index in [1.807, 2.05) is 0 Å². The lowest BCUT2D eigenvalue weighted by Gasteiger charge is -2.17. The number of hydrogen-bond donors (Lipinski definition) is 1. The van der Waals surface area contributed by atoms with Gasteiger partial charge in [0.05, 0.1) is 0 Å². The van der Waals surface area contributed by atoms with Gasteiger partial charge in [-0.1, -0.05) is 0 Å². The minimum atomic E-state index is 0.800. The first-order valence-electron chi connectivity index (χ1n) is 4.79. The number of nitrogens with two attached hydrogens (primary N) is 1. The van der Waals surface area contributed by atoms with Gasteiger partial charge in [0.1, 0.15) is 0 Å². The van der Waals surface area contributed by atoms with Crippen molar-refractivity contribution in [3.63, 3.8) is 0 Å². The summed E-state index contributed by atoms with van der Waals surface area (Å²) in [5.74, 6) is 0.867. The summed E-state index contributed by atoms with van der Waals surface area (Å²) >= 11 is 0. The molecule has 1 aliphatic rings. The lowest BCUT2D eigenvalue weighted by Crippen LogP contribution is -2.29. The zero-order valence-corrected chi connectivity index (χ0v) is 8.29. The summed E-state index contributed by atoms with van der Waals surface area (Å²) in [7, 11) is 4.29. The van der Waals surface area contributed by atoms with Gasteiger partial charge in [-0.15, -0.1) is 0 Å². The maximum Gasteiger partial charge on any atom is 0.0105 e. The zero-order valence-electron chi connectivity index (χ0n) is 8.29. The van der Waals surface area contributed by atoms with Gasteiger partial charge in [-0.2, -0.15) is 0 Å². The van der Waals surface area contributed by atoms with Crippen molar-refractivity contribution in [1.29, 1.82) is 0 Å². The fraction of sp³-hybridized carbons (Fsp3) is 1.00. The molecule has 0 aromatic rings. The lowest BCUT2D eigenvalue weighted by atomic mass is 10.1. The van der Waals surface area contributed by atoms with Crippen LogP contribution in [0.3, 0.4) is 0 Å². The standard InChI is InChI=1S/C9H21N3/c1-11(2)7-9-3-5-12(8-9)6-4-10/h9H,3-8,10H2,1-2H3/t9-/m0/s1. The third-order valence-corrected chi connectivity index (χ3v) is 2.44. The Labute approximate surface area is 75.5 Å². The minimum absolute atomic E-state index is 0.800. The number of nitrogens with zero attached hydrogens (tertiary/aromatic N) is 2. The van der Waals surface area contributed by atoms with E-state index in [9.17, 15) is 0 Å². The molecule has 0 aliphatic carbocycles. The summed E-state index contributed by atoms with van der Waals surface area (Å²) in [5, 5.41) is 0. The van der Waals surface area contributed by atoms with Gasteiger partial charge in [0.15, 0.2) is 0 Å². The van der Waals surface area contributed by atoms with Crippen molar-refractivity contribution in [1.82, 2.24) is 9.80 Å². The minimum Gasteiger partial charge on any atom is -0.329 e. The molecule has 3 heteroatoms. The third-order valence-electron chi connectivity index (χ3n) is 2.44. The highest BCUT2D eigenvalue weighted by atomic mass is 15.2. The van der Waals surface area contributed by atoms with Gasteiger partial charge in [-0.25, -0.2) is 0 Å². The second-order valence-corrected chi connectivity index (χ2v) is 4.01. The van der Waals surface area contributed by atoms with Gasteiger partial charge in [0, 0.05) is 26.2 Å². The third kappa shape index (κ3) is 3.09. The van der Waals surface area contributed by atoms with E-state index in [-0.39, 0.29) is 0 Å². The van der Waals surface area contributed by atoms with Crippen molar-refractivity contribution < 1.29 is 0 Å². The summed E-state index contributed by atoms with van der Waals surface area (Å²) in [6, 6.07) is 0. The molecule has 0 aromatic heterocycles. The van der Waals surface area contributed by atoms with Crippen LogP contribution < -0.4 is 5.73 Å². The Morgan fingerprint density at radius 2 is 2.25 bits per heavy atom. The highest BCUT2D eigenvalue weighted by molar-refractivity contribution is 4.76. The quantitative estimate of drug-likeness (QED) is 0.637. The van der Waals surface area contributed by atoms with Crippen LogP contribution in [0.5, 0.6) is 0 Å². The van der Waals surface area contributed by atoms with Crippen molar-refractivity contribution >= 4 is 0 Å². The highest BCUT2D eigenvalue weighted by Gasteiger charge is 2.21. The average molecular weight is 171 g/mol. The molecule has 72 valence electrons. The van der Waals surface area contributed by atoms with Crippen LogP contribution in [0.1, 0.15) is 6.42 Å². The van der Waals surface area contributed by atoms with Crippen LogP contribution >= 0.6 is 0 Å². The fourth-order valence-corrected chi connectivity index (χ4v) is 1.96. The molecule has 0 aromatic carbocycles. The first kappa shape index (κ1) is 9.96. The molecule has 0 radical (unpaired) electrons. The van der Waals surface area contributed by atoms with Crippen molar-refractivity contribution in [3.05, 3.63) is 0 Å². The second kappa shape index (κ2) is 4.80. The van der Waals surface area contributed by atoms with Crippen LogP contribution in [-0.4, -0.2) is 56.6 Å². The number of likely N-dealkylation sites (tertiary alicyclic amines) is 1. The molecule has 0 saturated carbocycles. The second-order valence-electron chi connectivity index (χ2n) is 4.01. The van der Waals surface area contributed by atoms with Crippen LogP contribution in [0, 0.1) is 5.92 Å². The molecule has 0 unspecified atom stereocenters. The summed E-state index contributed by atoms with van der Waals surface area (Å²) in [5.41, 5.74) is 5.50. The maximum absolute atomic E-state index is 5.50. The smallest absolute Gasteiger partial charge is 0.0105 e. The maximum atomic E-state index is 5.50. The van der Waals surface area contributed by atoms with E-state index in [4.69, 9.17) is 5.73 Å². The molecule has 2 N–H and O–H groups in total. The molecule has 0 spiro atoms. The summed E-state index contributed by atoms with van der Waals surface area (Å²) in [6.45, 7) is 5.59. The van der Waals surface area contributed by atoms with E-state index in [2.05, 4.69) is 23.9 Å². The van der Waals surface area contributed by atoms with E-state index in [1.165, 1.54) is 26.1 Å². The SMILES string of the molecule is CN(C)C[C@@H]1CCN(CCN)C1. The summed E-state index contributed by atoms with van der Waals surface area (Å²) < 4.78 is 0. The van der Waals surface area contributed by atoms with Crippen LogP contribution in [-0.2, 0) is 0 Å². The van der Waals surface area contributed by atoms with Gasteiger partial charge >= 0.3 is 0 Å². The molecule has 0 amide bonds. The molecule has 1 rings (SSSR count). The Morgan fingerprint density at radius 1 is 1.50 bits per heavy atom. The van der Waals surface area contributed by atoms with Gasteiger partial charge in [0.25, 0.3) is 0 Å². The van der Waals surface area contributed by atoms with Gasteiger partial charge in [-0.05, 0) is 33.0 Å². The first-order chi connectivity index (χ1) is 5.72. The zero-order chi connectivity index (χ0) is 8.97. The van der Waals surface area contributed by atoms with E-state index >= 15 is 0 Å². The van der Waals surface area contributed by atoms with Crippen molar-refractivity contribution in [2.45, 2.75) is 6.42 Å². The van der Waals surface area contributed by atoms with Crippen LogP contribution in [0.25, 0.3) is 0 Å². The normalized spacial score (nSPS) is 25.5. The Kier molecular flexibility index (Phi) is 3.98. The average Bonchev–Trinajstić information content (AvgIpc) is 2.36. The van der Waals surface area contributed by atoms with E-state index in [0.717, 1.165) is 19.0 Å². The van der Waals surface area contributed by atoms with Gasteiger partial charge in [-0.3, -0.25) is 0 Å². The monoisotopic (exact) mass is 171 g/mol.